The van der Waals surface area contributed by atoms with Gasteiger partial charge in [0.1, 0.15) is 0 Å². The van der Waals surface area contributed by atoms with Gasteiger partial charge in [0, 0.05) is 4.70 Å². The zero-order valence-electron chi connectivity index (χ0n) is 5.77. The van der Waals surface area contributed by atoms with Gasteiger partial charge in [0.05, 0.1) is 10.4 Å². The number of halogens is 3. The molecule has 2 aromatic rings. The lowest BCUT2D eigenvalue weighted by Gasteiger charge is -1.90. The lowest BCUT2D eigenvalue weighted by atomic mass is 10.2. The number of hydrogen-bond donors (Lipinski definition) is 0. The smallest absolute Gasteiger partial charge is 0.202 e. The van der Waals surface area contributed by atoms with E-state index in [1.165, 1.54) is 0 Å². The van der Waals surface area contributed by atoms with Crippen molar-refractivity contribution in [1.82, 2.24) is 0 Å². The molecular formula is C8H3ClF2S. The first-order valence-electron chi connectivity index (χ1n) is 3.22. The van der Waals surface area contributed by atoms with Gasteiger partial charge < -0.3 is 0 Å². The van der Waals surface area contributed by atoms with E-state index >= 15 is 0 Å². The van der Waals surface area contributed by atoms with Crippen LogP contribution in [0.4, 0.5) is 8.78 Å². The van der Waals surface area contributed by atoms with Crippen LogP contribution in [-0.2, 0) is 0 Å². The fourth-order valence-electron chi connectivity index (χ4n) is 1.04. The third kappa shape index (κ3) is 1.01. The number of thiophene rings is 1. The fraction of sp³-hybridized carbons (Fsp3) is 0. The molecule has 0 saturated carbocycles. The van der Waals surface area contributed by atoms with Crippen LogP contribution < -0.4 is 0 Å². The van der Waals surface area contributed by atoms with Gasteiger partial charge in [-0.2, -0.15) is 4.39 Å². The van der Waals surface area contributed by atoms with Crippen LogP contribution in [-0.4, -0.2) is 0 Å². The zero-order valence-corrected chi connectivity index (χ0v) is 7.35. The van der Waals surface area contributed by atoms with Crippen molar-refractivity contribution in [2.24, 2.45) is 0 Å². The summed E-state index contributed by atoms with van der Waals surface area (Å²) in [5, 5.41) is -0.370. The highest BCUT2D eigenvalue weighted by atomic mass is 35.5. The minimum Gasteiger partial charge on any atom is -0.202 e. The Labute approximate surface area is 76.4 Å². The highest BCUT2D eigenvalue weighted by Crippen LogP contribution is 2.33. The van der Waals surface area contributed by atoms with Gasteiger partial charge >= 0.3 is 0 Å². The number of fused-ring (bicyclic) bond motifs is 1. The van der Waals surface area contributed by atoms with Crippen molar-refractivity contribution >= 4 is 33.0 Å². The quantitative estimate of drug-likeness (QED) is 0.612. The van der Waals surface area contributed by atoms with Gasteiger partial charge in [0.15, 0.2) is 5.82 Å². The largest absolute Gasteiger partial charge is 0.213 e. The van der Waals surface area contributed by atoms with E-state index < -0.39 is 10.9 Å². The third-order valence-electron chi connectivity index (χ3n) is 1.57. The van der Waals surface area contributed by atoms with E-state index in [0.717, 1.165) is 11.3 Å². The second kappa shape index (κ2) is 2.68. The van der Waals surface area contributed by atoms with Gasteiger partial charge in [-0.15, -0.1) is 11.3 Å². The molecule has 0 atom stereocenters. The predicted molar refractivity (Wildman–Crippen MR) is 46.8 cm³/mol. The summed E-state index contributed by atoms with van der Waals surface area (Å²) in [6.07, 6.45) is 0. The Morgan fingerprint density at radius 1 is 1.25 bits per heavy atom. The van der Waals surface area contributed by atoms with Crippen LogP contribution in [0.15, 0.2) is 18.2 Å². The lowest BCUT2D eigenvalue weighted by molar-refractivity contribution is 0.538. The standard InChI is InChI=1S/C8H3ClF2S/c9-4-2-1-3-5-6(4)7(10)8(11)12-5/h1-3H. The molecule has 1 heterocycles. The molecular weight excluding hydrogens is 202 g/mol. The Morgan fingerprint density at radius 3 is 2.67 bits per heavy atom. The highest BCUT2D eigenvalue weighted by molar-refractivity contribution is 7.17. The molecule has 0 N–H and O–H groups in total. The van der Waals surface area contributed by atoms with Crippen molar-refractivity contribution in [3.8, 4) is 0 Å². The first-order chi connectivity index (χ1) is 5.70. The maximum atomic E-state index is 13.0. The Kier molecular flexibility index (Phi) is 1.77. The van der Waals surface area contributed by atoms with E-state index in [-0.39, 0.29) is 10.4 Å². The minimum absolute atomic E-state index is 0.182. The van der Waals surface area contributed by atoms with E-state index in [2.05, 4.69) is 0 Å². The van der Waals surface area contributed by atoms with Crippen LogP contribution in [0.25, 0.3) is 10.1 Å². The van der Waals surface area contributed by atoms with E-state index in [0.29, 0.717) is 4.70 Å². The van der Waals surface area contributed by atoms with E-state index in [1.807, 2.05) is 0 Å². The summed E-state index contributed by atoms with van der Waals surface area (Å²) in [7, 11) is 0. The summed E-state index contributed by atoms with van der Waals surface area (Å²) in [4.78, 5) is 0. The number of benzene rings is 1. The fourth-order valence-corrected chi connectivity index (χ4v) is 2.19. The van der Waals surface area contributed by atoms with Gasteiger partial charge in [-0.05, 0) is 12.1 Å². The lowest BCUT2D eigenvalue weighted by Crippen LogP contribution is -1.73. The molecule has 12 heavy (non-hydrogen) atoms. The highest BCUT2D eigenvalue weighted by Gasteiger charge is 2.13. The van der Waals surface area contributed by atoms with Crippen molar-refractivity contribution < 1.29 is 8.78 Å². The van der Waals surface area contributed by atoms with Crippen molar-refractivity contribution in [3.05, 3.63) is 34.2 Å². The first kappa shape index (κ1) is 7.95. The molecule has 0 aliphatic rings. The van der Waals surface area contributed by atoms with Gasteiger partial charge in [-0.3, -0.25) is 0 Å². The summed E-state index contributed by atoms with van der Waals surface area (Å²) >= 11 is 6.44. The van der Waals surface area contributed by atoms with Crippen LogP contribution in [0, 0.1) is 10.9 Å². The normalized spacial score (nSPS) is 10.9. The molecule has 0 saturated heterocycles. The Hall–Kier alpha value is -0.670. The molecule has 4 heteroatoms. The van der Waals surface area contributed by atoms with Crippen molar-refractivity contribution in [1.29, 1.82) is 0 Å². The molecule has 0 aliphatic carbocycles. The van der Waals surface area contributed by atoms with Crippen LogP contribution in [0.2, 0.25) is 5.02 Å². The average Bonchev–Trinajstić information content (AvgIpc) is 2.29. The summed E-state index contributed by atoms with van der Waals surface area (Å²) in [6, 6.07) is 4.84. The molecule has 2 rings (SSSR count). The zero-order chi connectivity index (χ0) is 8.72. The molecule has 0 fully saturated rings. The SMILES string of the molecule is Fc1sc2cccc(Cl)c2c1F. The van der Waals surface area contributed by atoms with E-state index in [1.54, 1.807) is 18.2 Å². The summed E-state index contributed by atoms with van der Waals surface area (Å²) in [6.45, 7) is 0. The molecule has 0 amide bonds. The Morgan fingerprint density at radius 2 is 2.00 bits per heavy atom. The maximum Gasteiger partial charge on any atom is 0.213 e. The molecule has 1 aromatic carbocycles. The van der Waals surface area contributed by atoms with E-state index in [4.69, 9.17) is 11.6 Å². The monoisotopic (exact) mass is 204 g/mol. The topological polar surface area (TPSA) is 0 Å². The van der Waals surface area contributed by atoms with Crippen molar-refractivity contribution in [2.45, 2.75) is 0 Å². The molecule has 0 unspecified atom stereocenters. The Balaban J connectivity index is 2.97. The summed E-state index contributed by atoms with van der Waals surface area (Å²) in [5.41, 5.74) is 0. The van der Waals surface area contributed by atoms with Crippen LogP contribution in [0.3, 0.4) is 0 Å². The van der Waals surface area contributed by atoms with Crippen molar-refractivity contribution in [2.75, 3.05) is 0 Å². The number of rotatable bonds is 0. The van der Waals surface area contributed by atoms with Gasteiger partial charge in [-0.1, -0.05) is 17.7 Å². The second-order valence-corrected chi connectivity index (χ2v) is 3.71. The van der Waals surface area contributed by atoms with Crippen LogP contribution in [0.1, 0.15) is 0 Å². The Bertz CT molecular complexity index is 436. The predicted octanol–water partition coefficient (Wildman–Crippen LogP) is 3.83. The molecule has 0 spiro atoms. The van der Waals surface area contributed by atoms with Crippen LogP contribution in [0.5, 0.6) is 0 Å². The van der Waals surface area contributed by atoms with Gasteiger partial charge in [0.25, 0.3) is 0 Å². The molecule has 0 nitrogen and oxygen atoms in total. The first-order valence-corrected chi connectivity index (χ1v) is 4.41. The molecule has 62 valence electrons. The average molecular weight is 205 g/mol. The minimum atomic E-state index is -0.847. The van der Waals surface area contributed by atoms with Crippen molar-refractivity contribution in [3.63, 3.8) is 0 Å². The van der Waals surface area contributed by atoms with E-state index in [9.17, 15) is 8.78 Å². The molecule has 0 bridgehead atoms. The van der Waals surface area contributed by atoms with Gasteiger partial charge in [0.2, 0.25) is 5.13 Å². The second-order valence-electron chi connectivity index (χ2n) is 2.30. The third-order valence-corrected chi connectivity index (χ3v) is 2.80. The summed E-state index contributed by atoms with van der Waals surface area (Å²) < 4.78 is 26.2. The van der Waals surface area contributed by atoms with Gasteiger partial charge in [-0.25, -0.2) is 4.39 Å². The van der Waals surface area contributed by atoms with Crippen LogP contribution >= 0.6 is 22.9 Å². The molecule has 0 aliphatic heterocycles. The number of hydrogen-bond acceptors (Lipinski definition) is 1. The molecule has 1 aromatic heterocycles. The maximum absolute atomic E-state index is 13.0. The molecule has 0 radical (unpaired) electrons. The summed E-state index contributed by atoms with van der Waals surface area (Å²) in [5.74, 6) is -0.847.